The first kappa shape index (κ1) is 12.5. The van der Waals surface area contributed by atoms with Crippen LogP contribution in [0.4, 0.5) is 0 Å². The molecule has 0 aliphatic rings. The lowest BCUT2D eigenvalue weighted by molar-refractivity contribution is -0.139. The Hall–Kier alpha value is -1.55. The number of aliphatic carboxylic acids is 1. The molecule has 4 heteroatoms. The Balaban J connectivity index is 2.65. The Kier molecular flexibility index (Phi) is 4.31. The lowest BCUT2D eigenvalue weighted by atomic mass is 10.1. The molecular formula is C12H17NO3. The minimum Gasteiger partial charge on any atom is -0.497 e. The molecule has 0 saturated carbocycles. The van der Waals surface area contributed by atoms with E-state index in [1.807, 2.05) is 31.2 Å². The summed E-state index contributed by atoms with van der Waals surface area (Å²) in [5.74, 6) is -0.0532. The van der Waals surface area contributed by atoms with Crippen molar-refractivity contribution in [3.8, 4) is 5.75 Å². The molecule has 2 atom stereocenters. The molecule has 88 valence electrons. The van der Waals surface area contributed by atoms with Crippen molar-refractivity contribution in [3.05, 3.63) is 29.8 Å². The van der Waals surface area contributed by atoms with Crippen molar-refractivity contribution in [1.29, 1.82) is 0 Å². The summed E-state index contributed by atoms with van der Waals surface area (Å²) >= 11 is 0. The van der Waals surface area contributed by atoms with Gasteiger partial charge in [-0.25, -0.2) is 0 Å². The fraction of sp³-hybridized carbons (Fsp3) is 0.417. The molecule has 0 radical (unpaired) electrons. The summed E-state index contributed by atoms with van der Waals surface area (Å²) in [5.41, 5.74) is 1.04. The Morgan fingerprint density at radius 3 is 2.31 bits per heavy atom. The van der Waals surface area contributed by atoms with Crippen molar-refractivity contribution in [2.75, 3.05) is 7.11 Å². The quantitative estimate of drug-likeness (QED) is 0.799. The van der Waals surface area contributed by atoms with Gasteiger partial charge in [-0.15, -0.1) is 0 Å². The minimum absolute atomic E-state index is 0.00277. The molecule has 0 heterocycles. The average Bonchev–Trinajstić information content (AvgIpc) is 2.28. The van der Waals surface area contributed by atoms with Crippen LogP contribution in [-0.2, 0) is 4.79 Å². The molecular weight excluding hydrogens is 206 g/mol. The van der Waals surface area contributed by atoms with Gasteiger partial charge in [0, 0.05) is 6.04 Å². The highest BCUT2D eigenvalue weighted by atomic mass is 16.5. The van der Waals surface area contributed by atoms with Crippen LogP contribution in [0.3, 0.4) is 0 Å². The number of carbonyl (C=O) groups is 1. The molecule has 16 heavy (non-hydrogen) atoms. The Morgan fingerprint density at radius 1 is 1.31 bits per heavy atom. The third-order valence-electron chi connectivity index (χ3n) is 2.49. The molecule has 0 aliphatic heterocycles. The van der Waals surface area contributed by atoms with Gasteiger partial charge in [0.1, 0.15) is 11.8 Å². The molecule has 0 aromatic heterocycles. The summed E-state index contributed by atoms with van der Waals surface area (Å²) in [4.78, 5) is 10.7. The Morgan fingerprint density at radius 2 is 1.88 bits per heavy atom. The largest absolute Gasteiger partial charge is 0.497 e. The molecule has 1 aromatic rings. The van der Waals surface area contributed by atoms with Crippen LogP contribution < -0.4 is 10.1 Å². The van der Waals surface area contributed by atoms with Gasteiger partial charge < -0.3 is 9.84 Å². The van der Waals surface area contributed by atoms with Crippen LogP contribution >= 0.6 is 0 Å². The lowest BCUT2D eigenvalue weighted by Crippen LogP contribution is -2.35. The van der Waals surface area contributed by atoms with E-state index in [2.05, 4.69) is 5.32 Å². The standard InChI is InChI=1S/C12H17NO3/c1-8(13-9(2)12(14)15)10-4-6-11(16-3)7-5-10/h4-9,13H,1-3H3,(H,14,15)/t8-,9-/m0/s1. The highest BCUT2D eigenvalue weighted by Gasteiger charge is 2.14. The number of carboxylic acid groups (broad SMARTS) is 1. The second-order valence-corrected chi connectivity index (χ2v) is 3.72. The number of benzene rings is 1. The van der Waals surface area contributed by atoms with Crippen LogP contribution in [0.5, 0.6) is 5.75 Å². The highest BCUT2D eigenvalue weighted by Crippen LogP contribution is 2.17. The molecule has 1 aromatic carbocycles. The second-order valence-electron chi connectivity index (χ2n) is 3.72. The monoisotopic (exact) mass is 223 g/mol. The first-order chi connectivity index (χ1) is 7.54. The lowest BCUT2D eigenvalue weighted by Gasteiger charge is -2.17. The molecule has 1 rings (SSSR count). The van der Waals surface area contributed by atoms with E-state index in [1.54, 1.807) is 14.0 Å². The van der Waals surface area contributed by atoms with E-state index in [0.717, 1.165) is 11.3 Å². The van der Waals surface area contributed by atoms with E-state index in [0.29, 0.717) is 0 Å². The molecule has 0 bridgehead atoms. The van der Waals surface area contributed by atoms with Crippen molar-refractivity contribution in [2.45, 2.75) is 25.9 Å². The first-order valence-corrected chi connectivity index (χ1v) is 5.17. The zero-order valence-electron chi connectivity index (χ0n) is 9.73. The van der Waals surface area contributed by atoms with E-state index in [4.69, 9.17) is 9.84 Å². The Bertz CT molecular complexity index is 348. The molecule has 4 nitrogen and oxygen atoms in total. The van der Waals surface area contributed by atoms with Gasteiger partial charge in [0.25, 0.3) is 0 Å². The van der Waals surface area contributed by atoms with Crippen molar-refractivity contribution >= 4 is 5.97 Å². The summed E-state index contributed by atoms with van der Waals surface area (Å²) in [6, 6.07) is 7.00. The fourth-order valence-electron chi connectivity index (χ4n) is 1.44. The fourth-order valence-corrected chi connectivity index (χ4v) is 1.44. The van der Waals surface area contributed by atoms with Crippen LogP contribution in [0.25, 0.3) is 0 Å². The number of carboxylic acids is 1. The Labute approximate surface area is 95.2 Å². The van der Waals surface area contributed by atoms with Gasteiger partial charge in [-0.3, -0.25) is 10.1 Å². The van der Waals surface area contributed by atoms with Gasteiger partial charge in [0.05, 0.1) is 7.11 Å². The predicted molar refractivity (Wildman–Crippen MR) is 61.6 cm³/mol. The van der Waals surface area contributed by atoms with Crippen LogP contribution in [-0.4, -0.2) is 24.2 Å². The topological polar surface area (TPSA) is 58.6 Å². The van der Waals surface area contributed by atoms with Crippen molar-refractivity contribution in [3.63, 3.8) is 0 Å². The molecule has 0 aliphatic carbocycles. The molecule has 0 spiro atoms. The number of hydrogen-bond donors (Lipinski definition) is 2. The average molecular weight is 223 g/mol. The van der Waals surface area contributed by atoms with E-state index in [-0.39, 0.29) is 6.04 Å². The van der Waals surface area contributed by atoms with E-state index < -0.39 is 12.0 Å². The molecule has 0 amide bonds. The molecule has 2 N–H and O–H groups in total. The highest BCUT2D eigenvalue weighted by molar-refractivity contribution is 5.72. The summed E-state index contributed by atoms with van der Waals surface area (Å²) in [6.45, 7) is 3.56. The summed E-state index contributed by atoms with van der Waals surface area (Å²) in [6.07, 6.45) is 0. The van der Waals surface area contributed by atoms with Gasteiger partial charge in [-0.1, -0.05) is 12.1 Å². The van der Waals surface area contributed by atoms with Crippen LogP contribution in [0.2, 0.25) is 0 Å². The smallest absolute Gasteiger partial charge is 0.320 e. The SMILES string of the molecule is COc1ccc([C@H](C)N[C@@H](C)C(=O)O)cc1. The zero-order chi connectivity index (χ0) is 12.1. The van der Waals surface area contributed by atoms with Crippen LogP contribution in [0.1, 0.15) is 25.5 Å². The zero-order valence-corrected chi connectivity index (χ0v) is 9.73. The van der Waals surface area contributed by atoms with Gasteiger partial charge >= 0.3 is 5.97 Å². The summed E-state index contributed by atoms with van der Waals surface area (Å²) in [5, 5.41) is 11.8. The number of methoxy groups -OCH3 is 1. The normalized spacial score (nSPS) is 14.2. The number of ether oxygens (including phenoxy) is 1. The summed E-state index contributed by atoms with van der Waals surface area (Å²) in [7, 11) is 1.61. The first-order valence-electron chi connectivity index (χ1n) is 5.17. The predicted octanol–water partition coefficient (Wildman–Crippen LogP) is 1.82. The molecule has 0 saturated heterocycles. The number of nitrogens with one attached hydrogen (secondary N) is 1. The van der Waals surface area contributed by atoms with Gasteiger partial charge in [-0.2, -0.15) is 0 Å². The second kappa shape index (κ2) is 5.51. The summed E-state index contributed by atoms with van der Waals surface area (Å²) < 4.78 is 5.05. The maximum absolute atomic E-state index is 10.7. The van der Waals surface area contributed by atoms with Gasteiger partial charge in [-0.05, 0) is 31.5 Å². The molecule has 0 unspecified atom stereocenters. The van der Waals surface area contributed by atoms with Gasteiger partial charge in [0.15, 0.2) is 0 Å². The minimum atomic E-state index is -0.847. The van der Waals surface area contributed by atoms with E-state index in [9.17, 15) is 4.79 Å². The number of rotatable bonds is 5. The van der Waals surface area contributed by atoms with Crippen LogP contribution in [0, 0.1) is 0 Å². The van der Waals surface area contributed by atoms with Gasteiger partial charge in [0.2, 0.25) is 0 Å². The van der Waals surface area contributed by atoms with Crippen molar-refractivity contribution in [2.24, 2.45) is 0 Å². The molecule has 0 fully saturated rings. The van der Waals surface area contributed by atoms with Crippen LogP contribution in [0.15, 0.2) is 24.3 Å². The van der Waals surface area contributed by atoms with Crippen molar-refractivity contribution in [1.82, 2.24) is 5.32 Å². The number of hydrogen-bond acceptors (Lipinski definition) is 3. The maximum atomic E-state index is 10.7. The van der Waals surface area contributed by atoms with E-state index >= 15 is 0 Å². The maximum Gasteiger partial charge on any atom is 0.320 e. The van der Waals surface area contributed by atoms with E-state index in [1.165, 1.54) is 0 Å². The third kappa shape index (κ3) is 3.24. The third-order valence-corrected chi connectivity index (χ3v) is 2.49. The van der Waals surface area contributed by atoms with Crippen molar-refractivity contribution < 1.29 is 14.6 Å².